The molecule has 0 aromatic carbocycles. The van der Waals surface area contributed by atoms with E-state index < -0.39 is 0 Å². The van der Waals surface area contributed by atoms with Crippen molar-refractivity contribution in [3.05, 3.63) is 21.9 Å². The Balaban J connectivity index is 2.26. The molecule has 1 aromatic rings. The molecule has 0 amide bonds. The molecule has 1 unspecified atom stereocenters. The zero-order valence-corrected chi connectivity index (χ0v) is 10.4. The topological polar surface area (TPSA) is 20.2 Å². The second kappa shape index (κ2) is 4.26. The van der Waals surface area contributed by atoms with Crippen LogP contribution in [0.1, 0.15) is 55.6 Å². The Morgan fingerprint density at radius 1 is 1.47 bits per heavy atom. The Hall–Kier alpha value is -0.340. The van der Waals surface area contributed by atoms with Crippen LogP contribution in [0.3, 0.4) is 0 Å². The van der Waals surface area contributed by atoms with Crippen molar-refractivity contribution >= 4 is 11.3 Å². The summed E-state index contributed by atoms with van der Waals surface area (Å²) in [5, 5.41) is 12.6. The van der Waals surface area contributed by atoms with Gasteiger partial charge in [-0.1, -0.05) is 19.8 Å². The standard InChI is InChI=1S/C13H20OS/c1-3-13(7-4-5-8-13)12(14)11-10(2)6-9-15-11/h6,9,12,14H,3-5,7-8H2,1-2H3. The van der Waals surface area contributed by atoms with Crippen molar-refractivity contribution in [3.63, 3.8) is 0 Å². The quantitative estimate of drug-likeness (QED) is 0.821. The first kappa shape index (κ1) is 11.2. The van der Waals surface area contributed by atoms with Crippen LogP contribution >= 0.6 is 11.3 Å². The van der Waals surface area contributed by atoms with E-state index in [1.807, 2.05) is 0 Å². The van der Waals surface area contributed by atoms with Gasteiger partial charge in [0.15, 0.2) is 0 Å². The molecular formula is C13H20OS. The molecule has 0 saturated heterocycles. The summed E-state index contributed by atoms with van der Waals surface area (Å²) in [5.74, 6) is 0. The number of thiophene rings is 1. The summed E-state index contributed by atoms with van der Waals surface area (Å²) < 4.78 is 0. The van der Waals surface area contributed by atoms with Crippen LogP contribution < -0.4 is 0 Å². The van der Waals surface area contributed by atoms with Crippen molar-refractivity contribution in [2.45, 2.75) is 52.1 Å². The first-order valence-corrected chi connectivity index (χ1v) is 6.79. The van der Waals surface area contributed by atoms with E-state index in [1.165, 1.54) is 36.1 Å². The van der Waals surface area contributed by atoms with Gasteiger partial charge >= 0.3 is 0 Å². The van der Waals surface area contributed by atoms with E-state index in [0.717, 1.165) is 6.42 Å². The summed E-state index contributed by atoms with van der Waals surface area (Å²) in [5.41, 5.74) is 1.43. The van der Waals surface area contributed by atoms with Crippen molar-refractivity contribution in [2.24, 2.45) is 5.41 Å². The molecule has 2 heteroatoms. The molecule has 1 nitrogen and oxygen atoms in total. The van der Waals surface area contributed by atoms with Gasteiger partial charge in [0.1, 0.15) is 0 Å². The first-order valence-electron chi connectivity index (χ1n) is 5.92. The van der Waals surface area contributed by atoms with E-state index in [-0.39, 0.29) is 11.5 Å². The van der Waals surface area contributed by atoms with E-state index in [4.69, 9.17) is 0 Å². The smallest absolute Gasteiger partial charge is 0.0940 e. The van der Waals surface area contributed by atoms with Crippen LogP contribution in [0.25, 0.3) is 0 Å². The van der Waals surface area contributed by atoms with Crippen LogP contribution in [0.4, 0.5) is 0 Å². The highest BCUT2D eigenvalue weighted by Crippen LogP contribution is 2.51. The molecule has 0 spiro atoms. The molecule has 1 atom stereocenters. The van der Waals surface area contributed by atoms with Gasteiger partial charge in [0.2, 0.25) is 0 Å². The lowest BCUT2D eigenvalue weighted by molar-refractivity contribution is 0.0261. The Morgan fingerprint density at radius 2 is 2.13 bits per heavy atom. The van der Waals surface area contributed by atoms with E-state index in [0.29, 0.717) is 0 Å². The van der Waals surface area contributed by atoms with Gasteiger partial charge in [-0.15, -0.1) is 11.3 Å². The number of aliphatic hydroxyl groups excluding tert-OH is 1. The fraction of sp³-hybridized carbons (Fsp3) is 0.692. The van der Waals surface area contributed by atoms with E-state index in [2.05, 4.69) is 25.3 Å². The molecule has 0 aliphatic heterocycles. The van der Waals surface area contributed by atoms with Gasteiger partial charge in [-0.25, -0.2) is 0 Å². The normalized spacial score (nSPS) is 21.8. The fourth-order valence-corrected chi connectivity index (χ4v) is 3.89. The predicted octanol–water partition coefficient (Wildman–Crippen LogP) is 4.06. The summed E-state index contributed by atoms with van der Waals surface area (Å²) in [7, 11) is 0. The van der Waals surface area contributed by atoms with Crippen molar-refractivity contribution < 1.29 is 5.11 Å². The van der Waals surface area contributed by atoms with Crippen LogP contribution in [0.15, 0.2) is 11.4 Å². The number of hydrogen-bond donors (Lipinski definition) is 1. The van der Waals surface area contributed by atoms with Crippen LogP contribution in [-0.4, -0.2) is 5.11 Å². The summed E-state index contributed by atoms with van der Waals surface area (Å²) >= 11 is 1.71. The van der Waals surface area contributed by atoms with E-state index in [9.17, 15) is 5.11 Å². The average Bonchev–Trinajstić information content (AvgIpc) is 2.86. The van der Waals surface area contributed by atoms with Gasteiger partial charge in [0, 0.05) is 10.3 Å². The van der Waals surface area contributed by atoms with Crippen LogP contribution in [0, 0.1) is 12.3 Å². The maximum Gasteiger partial charge on any atom is 0.0940 e. The van der Waals surface area contributed by atoms with Gasteiger partial charge < -0.3 is 5.11 Å². The second-order valence-electron chi connectivity index (χ2n) is 4.79. The minimum atomic E-state index is -0.231. The maximum absolute atomic E-state index is 10.6. The molecule has 0 radical (unpaired) electrons. The highest BCUT2D eigenvalue weighted by molar-refractivity contribution is 7.10. The third-order valence-corrected chi connectivity index (χ3v) is 5.10. The Bertz CT molecular complexity index is 323. The zero-order chi connectivity index (χ0) is 10.9. The summed E-state index contributed by atoms with van der Waals surface area (Å²) in [6, 6.07) is 2.11. The van der Waals surface area contributed by atoms with Crippen LogP contribution in [0.2, 0.25) is 0 Å². The number of aliphatic hydroxyl groups is 1. The highest BCUT2D eigenvalue weighted by atomic mass is 32.1. The van der Waals surface area contributed by atoms with Gasteiger partial charge in [-0.3, -0.25) is 0 Å². The number of hydrogen-bond acceptors (Lipinski definition) is 2. The molecule has 1 fully saturated rings. The van der Waals surface area contributed by atoms with Crippen molar-refractivity contribution in [3.8, 4) is 0 Å². The SMILES string of the molecule is CCC1(C(O)c2sccc2C)CCCC1. The molecule has 1 heterocycles. The monoisotopic (exact) mass is 224 g/mol. The second-order valence-corrected chi connectivity index (χ2v) is 5.74. The molecule has 1 saturated carbocycles. The Kier molecular flexibility index (Phi) is 3.17. The Labute approximate surface area is 96.1 Å². The molecular weight excluding hydrogens is 204 g/mol. The minimum absolute atomic E-state index is 0.176. The summed E-state index contributed by atoms with van der Waals surface area (Å²) in [4.78, 5) is 1.19. The molecule has 1 aliphatic rings. The highest BCUT2D eigenvalue weighted by Gasteiger charge is 2.40. The lowest BCUT2D eigenvalue weighted by atomic mass is 9.77. The number of rotatable bonds is 3. The van der Waals surface area contributed by atoms with E-state index in [1.54, 1.807) is 11.3 Å². The molecule has 2 rings (SSSR count). The maximum atomic E-state index is 10.6. The molecule has 1 aliphatic carbocycles. The Morgan fingerprint density at radius 3 is 2.60 bits per heavy atom. The van der Waals surface area contributed by atoms with Gasteiger partial charge in [0.25, 0.3) is 0 Å². The zero-order valence-electron chi connectivity index (χ0n) is 9.62. The minimum Gasteiger partial charge on any atom is -0.387 e. The molecule has 1 aromatic heterocycles. The summed E-state index contributed by atoms with van der Waals surface area (Å²) in [6.07, 6.45) is 5.84. The predicted molar refractivity (Wildman–Crippen MR) is 65.2 cm³/mol. The third-order valence-electron chi connectivity index (χ3n) is 4.03. The van der Waals surface area contributed by atoms with Gasteiger partial charge in [-0.05, 0) is 43.2 Å². The summed E-state index contributed by atoms with van der Waals surface area (Å²) in [6.45, 7) is 4.32. The molecule has 15 heavy (non-hydrogen) atoms. The lowest BCUT2D eigenvalue weighted by Crippen LogP contribution is -2.24. The van der Waals surface area contributed by atoms with Crippen LogP contribution in [-0.2, 0) is 0 Å². The fourth-order valence-electron chi connectivity index (χ4n) is 2.84. The first-order chi connectivity index (χ1) is 7.19. The lowest BCUT2D eigenvalue weighted by Gasteiger charge is -2.33. The van der Waals surface area contributed by atoms with Gasteiger partial charge in [-0.2, -0.15) is 0 Å². The molecule has 0 bridgehead atoms. The van der Waals surface area contributed by atoms with Crippen molar-refractivity contribution in [2.75, 3.05) is 0 Å². The van der Waals surface area contributed by atoms with E-state index >= 15 is 0 Å². The van der Waals surface area contributed by atoms with Crippen LogP contribution in [0.5, 0.6) is 0 Å². The largest absolute Gasteiger partial charge is 0.387 e. The van der Waals surface area contributed by atoms with Crippen molar-refractivity contribution in [1.82, 2.24) is 0 Å². The van der Waals surface area contributed by atoms with Crippen molar-refractivity contribution in [1.29, 1.82) is 0 Å². The average molecular weight is 224 g/mol. The molecule has 84 valence electrons. The molecule has 1 N–H and O–H groups in total. The van der Waals surface area contributed by atoms with Gasteiger partial charge in [0.05, 0.1) is 6.10 Å². The number of aryl methyl sites for hydroxylation is 1. The third kappa shape index (κ3) is 1.85.